The lowest BCUT2D eigenvalue weighted by Gasteiger charge is -2.21. The minimum absolute atomic E-state index is 0.101. The Balaban J connectivity index is 1.73. The molecule has 2 aromatic heterocycles. The summed E-state index contributed by atoms with van der Waals surface area (Å²) in [5, 5.41) is 3.28. The second kappa shape index (κ2) is 8.67. The number of benzene rings is 1. The van der Waals surface area contributed by atoms with E-state index in [-0.39, 0.29) is 10.9 Å². The number of hydrogen-bond donors (Lipinski definition) is 1. The molecular formula is C21H25N5O2S. The molecule has 0 bridgehead atoms. The number of rotatable bonds is 7. The largest absolute Gasteiger partial charge is 0.366 e. The summed E-state index contributed by atoms with van der Waals surface area (Å²) < 4.78 is 26.5. The Morgan fingerprint density at radius 1 is 1.10 bits per heavy atom. The minimum atomic E-state index is -3.48. The second-order valence-electron chi connectivity index (χ2n) is 7.07. The van der Waals surface area contributed by atoms with Gasteiger partial charge in [-0.2, -0.15) is 4.31 Å². The van der Waals surface area contributed by atoms with Gasteiger partial charge in [0.1, 0.15) is 5.82 Å². The van der Waals surface area contributed by atoms with E-state index in [0.717, 1.165) is 16.8 Å². The first-order valence-electron chi connectivity index (χ1n) is 9.34. The summed E-state index contributed by atoms with van der Waals surface area (Å²) >= 11 is 0. The summed E-state index contributed by atoms with van der Waals surface area (Å²) in [6, 6.07) is 12.4. The van der Waals surface area contributed by atoms with E-state index in [1.54, 1.807) is 31.6 Å². The number of nitrogens with zero attached hydrogens (tertiary/aromatic N) is 4. The van der Waals surface area contributed by atoms with Gasteiger partial charge in [-0.1, -0.05) is 12.1 Å². The molecule has 7 nitrogen and oxygen atoms in total. The van der Waals surface area contributed by atoms with Gasteiger partial charge in [-0.15, -0.1) is 0 Å². The average molecular weight is 412 g/mol. The van der Waals surface area contributed by atoms with Crippen LogP contribution in [-0.2, 0) is 16.6 Å². The Labute approximate surface area is 171 Å². The summed E-state index contributed by atoms with van der Waals surface area (Å²) in [6.07, 6.45) is 3.44. The first-order chi connectivity index (χ1) is 13.8. The second-order valence-corrected chi connectivity index (χ2v) is 9.07. The Morgan fingerprint density at radius 3 is 2.45 bits per heavy atom. The highest BCUT2D eigenvalue weighted by atomic mass is 32.2. The molecule has 0 aliphatic carbocycles. The predicted octanol–water partition coefficient (Wildman–Crippen LogP) is 3.49. The molecule has 0 atom stereocenters. The standard InChI is InChI=1S/C21H25N5O2S/c1-15(2)26(4)29(27,28)19-9-7-17(8-10-19)13-23-20-12-16(3)24-21(25-20)18-6-5-11-22-14-18/h5-12,14-15H,13H2,1-4H3,(H,23,24,25). The van der Waals surface area contributed by atoms with E-state index in [1.165, 1.54) is 4.31 Å². The predicted molar refractivity (Wildman–Crippen MR) is 114 cm³/mol. The summed E-state index contributed by atoms with van der Waals surface area (Å²) in [6.45, 7) is 6.12. The molecule has 0 fully saturated rings. The highest BCUT2D eigenvalue weighted by Crippen LogP contribution is 2.19. The van der Waals surface area contributed by atoms with Gasteiger partial charge < -0.3 is 5.32 Å². The highest BCUT2D eigenvalue weighted by Gasteiger charge is 2.22. The normalized spacial score (nSPS) is 11.8. The van der Waals surface area contributed by atoms with E-state index < -0.39 is 10.0 Å². The van der Waals surface area contributed by atoms with Crippen LogP contribution in [0.5, 0.6) is 0 Å². The van der Waals surface area contributed by atoms with Crippen LogP contribution >= 0.6 is 0 Å². The molecule has 0 unspecified atom stereocenters. The zero-order valence-electron chi connectivity index (χ0n) is 17.0. The van der Waals surface area contributed by atoms with Crippen molar-refractivity contribution in [1.82, 2.24) is 19.3 Å². The van der Waals surface area contributed by atoms with E-state index in [4.69, 9.17) is 0 Å². The van der Waals surface area contributed by atoms with Gasteiger partial charge in [0.15, 0.2) is 5.82 Å². The van der Waals surface area contributed by atoms with Crippen molar-refractivity contribution in [2.45, 2.75) is 38.3 Å². The van der Waals surface area contributed by atoms with Crippen molar-refractivity contribution in [3.63, 3.8) is 0 Å². The van der Waals surface area contributed by atoms with E-state index in [2.05, 4.69) is 20.3 Å². The molecule has 8 heteroatoms. The SMILES string of the molecule is Cc1cc(NCc2ccc(S(=O)(=O)N(C)C(C)C)cc2)nc(-c2cccnc2)n1. The minimum Gasteiger partial charge on any atom is -0.366 e. The van der Waals surface area contributed by atoms with E-state index in [9.17, 15) is 8.42 Å². The smallest absolute Gasteiger partial charge is 0.243 e. The number of pyridine rings is 1. The fourth-order valence-electron chi connectivity index (χ4n) is 2.70. The topological polar surface area (TPSA) is 88.1 Å². The van der Waals surface area contributed by atoms with Crippen LogP contribution in [0.1, 0.15) is 25.1 Å². The summed E-state index contributed by atoms with van der Waals surface area (Å²) in [5.41, 5.74) is 2.65. The van der Waals surface area contributed by atoms with Gasteiger partial charge in [0, 0.05) is 49.4 Å². The van der Waals surface area contributed by atoms with Crippen LogP contribution in [0.3, 0.4) is 0 Å². The van der Waals surface area contributed by atoms with Crippen molar-refractivity contribution in [2.24, 2.45) is 0 Å². The molecule has 29 heavy (non-hydrogen) atoms. The third kappa shape index (κ3) is 4.96. The molecular weight excluding hydrogens is 386 g/mol. The lowest BCUT2D eigenvalue weighted by molar-refractivity contribution is 0.410. The molecule has 152 valence electrons. The van der Waals surface area contributed by atoms with Gasteiger partial charge in [-0.05, 0) is 50.6 Å². The average Bonchev–Trinajstić information content (AvgIpc) is 2.72. The highest BCUT2D eigenvalue weighted by molar-refractivity contribution is 7.89. The van der Waals surface area contributed by atoms with Gasteiger partial charge >= 0.3 is 0 Å². The first-order valence-corrected chi connectivity index (χ1v) is 10.8. The Hall–Kier alpha value is -2.84. The molecule has 0 radical (unpaired) electrons. The molecule has 3 aromatic rings. The molecule has 0 aliphatic heterocycles. The maximum Gasteiger partial charge on any atom is 0.243 e. The van der Waals surface area contributed by atoms with Gasteiger partial charge in [0.05, 0.1) is 4.90 Å². The number of aryl methyl sites for hydroxylation is 1. The van der Waals surface area contributed by atoms with Crippen LogP contribution in [0.4, 0.5) is 5.82 Å². The maximum absolute atomic E-state index is 12.6. The third-order valence-electron chi connectivity index (χ3n) is 4.58. The Bertz CT molecular complexity index is 1070. The number of nitrogens with one attached hydrogen (secondary N) is 1. The van der Waals surface area contributed by atoms with Crippen molar-refractivity contribution in [1.29, 1.82) is 0 Å². The quantitative estimate of drug-likeness (QED) is 0.640. The maximum atomic E-state index is 12.6. The molecule has 0 aliphatic rings. The van der Waals surface area contributed by atoms with Crippen LogP contribution in [-0.4, -0.2) is 40.8 Å². The summed E-state index contributed by atoms with van der Waals surface area (Å²) in [4.78, 5) is 13.4. The van der Waals surface area contributed by atoms with Crippen molar-refractivity contribution in [3.8, 4) is 11.4 Å². The lowest BCUT2D eigenvalue weighted by atomic mass is 10.2. The van der Waals surface area contributed by atoms with Crippen molar-refractivity contribution in [2.75, 3.05) is 12.4 Å². The van der Waals surface area contributed by atoms with Crippen molar-refractivity contribution in [3.05, 3.63) is 66.1 Å². The van der Waals surface area contributed by atoms with Gasteiger partial charge in [0.25, 0.3) is 0 Å². The molecule has 2 heterocycles. The molecule has 1 N–H and O–H groups in total. The monoisotopic (exact) mass is 411 g/mol. The van der Waals surface area contributed by atoms with Crippen LogP contribution < -0.4 is 5.32 Å². The molecule has 0 saturated carbocycles. The van der Waals surface area contributed by atoms with Crippen LogP contribution in [0, 0.1) is 6.92 Å². The van der Waals surface area contributed by atoms with E-state index in [0.29, 0.717) is 18.2 Å². The number of anilines is 1. The molecule has 0 saturated heterocycles. The Morgan fingerprint density at radius 2 is 1.83 bits per heavy atom. The summed E-state index contributed by atoms with van der Waals surface area (Å²) in [5.74, 6) is 1.31. The Kier molecular flexibility index (Phi) is 6.24. The fourth-order valence-corrected chi connectivity index (χ4v) is 4.07. The number of sulfonamides is 1. The van der Waals surface area contributed by atoms with Gasteiger partial charge in [0.2, 0.25) is 10.0 Å². The summed E-state index contributed by atoms with van der Waals surface area (Å²) in [7, 11) is -1.89. The van der Waals surface area contributed by atoms with Crippen LogP contribution in [0.25, 0.3) is 11.4 Å². The molecule has 0 amide bonds. The number of hydrogen-bond acceptors (Lipinski definition) is 6. The lowest BCUT2D eigenvalue weighted by Crippen LogP contribution is -2.33. The zero-order valence-corrected chi connectivity index (χ0v) is 17.8. The van der Waals surface area contributed by atoms with Crippen LogP contribution in [0.2, 0.25) is 0 Å². The van der Waals surface area contributed by atoms with Crippen LogP contribution in [0.15, 0.2) is 59.8 Å². The molecule has 0 spiro atoms. The van der Waals surface area contributed by atoms with E-state index in [1.807, 2.05) is 51.1 Å². The van der Waals surface area contributed by atoms with Gasteiger partial charge in [-0.3, -0.25) is 4.98 Å². The van der Waals surface area contributed by atoms with Gasteiger partial charge in [-0.25, -0.2) is 18.4 Å². The first kappa shape index (κ1) is 20.9. The molecule has 3 rings (SSSR count). The fraction of sp³-hybridized carbons (Fsp3) is 0.286. The van der Waals surface area contributed by atoms with Crippen molar-refractivity contribution >= 4 is 15.8 Å². The zero-order chi connectivity index (χ0) is 21.0. The molecule has 1 aromatic carbocycles. The third-order valence-corrected chi connectivity index (χ3v) is 6.62. The number of aromatic nitrogens is 3. The van der Waals surface area contributed by atoms with E-state index >= 15 is 0 Å². The van der Waals surface area contributed by atoms with Crippen molar-refractivity contribution < 1.29 is 8.42 Å².